The number of likely N-dealkylation sites (N-methyl/N-ethyl adjacent to an activating group) is 1. The fourth-order valence-electron chi connectivity index (χ4n) is 3.85. The van der Waals surface area contributed by atoms with Crippen LogP contribution in [0.25, 0.3) is 11.4 Å². The van der Waals surface area contributed by atoms with Crippen molar-refractivity contribution in [3.8, 4) is 17.1 Å². The lowest BCUT2D eigenvalue weighted by Crippen LogP contribution is -2.39. The molecule has 3 aromatic rings. The van der Waals surface area contributed by atoms with Crippen LogP contribution < -0.4 is 4.74 Å². The van der Waals surface area contributed by atoms with E-state index in [4.69, 9.17) is 20.9 Å². The maximum atomic E-state index is 13.0. The molecule has 162 valence electrons. The van der Waals surface area contributed by atoms with Gasteiger partial charge in [-0.1, -0.05) is 41.9 Å². The fraction of sp³-hybridized carbons (Fsp3) is 0.375. The number of nitrogens with zero attached hydrogens (tertiary/aromatic N) is 3. The lowest BCUT2D eigenvalue weighted by molar-refractivity contribution is -0.138. The summed E-state index contributed by atoms with van der Waals surface area (Å²) < 4.78 is 11.4. The van der Waals surface area contributed by atoms with Crippen LogP contribution in [0.3, 0.4) is 0 Å². The van der Waals surface area contributed by atoms with Gasteiger partial charge in [0, 0.05) is 12.6 Å². The molecule has 1 amide bonds. The predicted molar refractivity (Wildman–Crippen MR) is 119 cm³/mol. The number of amides is 1. The second-order valence-corrected chi connectivity index (χ2v) is 8.25. The van der Waals surface area contributed by atoms with Gasteiger partial charge in [-0.2, -0.15) is 4.98 Å². The van der Waals surface area contributed by atoms with E-state index in [1.54, 1.807) is 18.0 Å². The second-order valence-electron chi connectivity index (χ2n) is 7.84. The van der Waals surface area contributed by atoms with Gasteiger partial charge in [0.1, 0.15) is 5.75 Å². The summed E-state index contributed by atoms with van der Waals surface area (Å²) in [6, 6.07) is 13.5. The molecule has 1 atom stereocenters. The van der Waals surface area contributed by atoms with Gasteiger partial charge in [0.05, 0.1) is 11.6 Å². The highest BCUT2D eigenvalue weighted by atomic mass is 35.5. The quantitative estimate of drug-likeness (QED) is 0.513. The van der Waals surface area contributed by atoms with Crippen molar-refractivity contribution >= 4 is 17.5 Å². The molecule has 4 rings (SSSR count). The van der Waals surface area contributed by atoms with E-state index in [1.807, 2.05) is 31.2 Å². The van der Waals surface area contributed by atoms with E-state index >= 15 is 0 Å². The summed E-state index contributed by atoms with van der Waals surface area (Å²) in [5.41, 5.74) is 3.41. The Hall–Kier alpha value is -2.86. The Morgan fingerprint density at radius 1 is 1.19 bits per heavy atom. The van der Waals surface area contributed by atoms with E-state index in [2.05, 4.69) is 22.3 Å². The Balaban J connectivity index is 1.41. The number of hydrogen-bond donors (Lipinski definition) is 0. The summed E-state index contributed by atoms with van der Waals surface area (Å²) in [6.07, 6.45) is 4.63. The van der Waals surface area contributed by atoms with Crippen LogP contribution in [0.15, 0.2) is 47.0 Å². The van der Waals surface area contributed by atoms with Crippen LogP contribution in [0, 0.1) is 0 Å². The fourth-order valence-corrected chi connectivity index (χ4v) is 4.07. The van der Waals surface area contributed by atoms with Crippen molar-refractivity contribution in [3.05, 3.63) is 64.5 Å². The summed E-state index contributed by atoms with van der Waals surface area (Å²) in [5, 5.41) is 4.54. The number of aryl methyl sites for hydroxylation is 2. The summed E-state index contributed by atoms with van der Waals surface area (Å²) in [6.45, 7) is 2.14. The third-order valence-electron chi connectivity index (χ3n) is 5.58. The average molecular weight is 440 g/mol. The number of ether oxygens (including phenoxy) is 1. The van der Waals surface area contributed by atoms with Gasteiger partial charge < -0.3 is 14.2 Å². The summed E-state index contributed by atoms with van der Waals surface area (Å²) >= 11 is 6.20. The lowest BCUT2D eigenvalue weighted by Gasteiger charge is -2.24. The first kappa shape index (κ1) is 21.4. The van der Waals surface area contributed by atoms with Crippen molar-refractivity contribution in [2.75, 3.05) is 7.05 Å². The third-order valence-corrected chi connectivity index (χ3v) is 5.91. The zero-order valence-corrected chi connectivity index (χ0v) is 18.6. The topological polar surface area (TPSA) is 68.5 Å². The minimum atomic E-state index is -0.572. The predicted octanol–water partition coefficient (Wildman–Crippen LogP) is 5.08. The van der Waals surface area contributed by atoms with Crippen molar-refractivity contribution in [1.82, 2.24) is 15.0 Å². The van der Waals surface area contributed by atoms with E-state index in [0.717, 1.165) is 18.6 Å². The van der Waals surface area contributed by atoms with E-state index in [-0.39, 0.29) is 12.5 Å². The molecular formula is C24H26ClN3O3. The van der Waals surface area contributed by atoms with Gasteiger partial charge in [-0.25, -0.2) is 0 Å². The van der Waals surface area contributed by atoms with Crippen LogP contribution in [-0.2, 0) is 24.2 Å². The minimum absolute atomic E-state index is 0.127. The first-order valence-electron chi connectivity index (χ1n) is 10.7. The molecule has 2 aromatic carbocycles. The molecule has 1 heterocycles. The van der Waals surface area contributed by atoms with Gasteiger partial charge in [-0.05, 0) is 67.5 Å². The number of carbonyl (C=O) groups is 1. The molecule has 0 saturated heterocycles. The van der Waals surface area contributed by atoms with Crippen LogP contribution in [0.2, 0.25) is 5.02 Å². The number of carbonyl (C=O) groups excluding carboxylic acids is 1. The molecule has 6 nitrogen and oxygen atoms in total. The Kier molecular flexibility index (Phi) is 6.56. The molecule has 0 spiro atoms. The smallest absolute Gasteiger partial charge is 0.263 e. The molecule has 1 aliphatic carbocycles. The van der Waals surface area contributed by atoms with Gasteiger partial charge in [0.25, 0.3) is 5.91 Å². The van der Waals surface area contributed by atoms with Crippen molar-refractivity contribution in [3.63, 3.8) is 0 Å². The van der Waals surface area contributed by atoms with Crippen LogP contribution in [0.5, 0.6) is 5.75 Å². The monoisotopic (exact) mass is 439 g/mol. The highest BCUT2D eigenvalue weighted by Crippen LogP contribution is 2.27. The number of rotatable bonds is 7. The lowest BCUT2D eigenvalue weighted by atomic mass is 9.92. The first-order chi connectivity index (χ1) is 15.0. The van der Waals surface area contributed by atoms with Crippen molar-refractivity contribution in [2.45, 2.75) is 51.7 Å². The van der Waals surface area contributed by atoms with E-state index in [1.165, 1.54) is 24.0 Å². The van der Waals surface area contributed by atoms with Crippen LogP contribution >= 0.6 is 11.6 Å². The van der Waals surface area contributed by atoms with Gasteiger partial charge in [-0.3, -0.25) is 4.79 Å². The molecule has 1 aliphatic rings. The molecule has 0 fully saturated rings. The average Bonchev–Trinajstić information content (AvgIpc) is 3.25. The van der Waals surface area contributed by atoms with Crippen molar-refractivity contribution in [1.29, 1.82) is 0 Å². The Morgan fingerprint density at radius 3 is 2.74 bits per heavy atom. The largest absolute Gasteiger partial charge is 0.481 e. The van der Waals surface area contributed by atoms with Crippen molar-refractivity contribution in [2.24, 2.45) is 0 Å². The van der Waals surface area contributed by atoms with Gasteiger partial charge >= 0.3 is 0 Å². The number of halogens is 1. The molecule has 0 radical (unpaired) electrons. The molecule has 0 unspecified atom stereocenters. The Labute approximate surface area is 187 Å². The molecule has 31 heavy (non-hydrogen) atoms. The molecular weight excluding hydrogens is 414 g/mol. The normalized spacial score (nSPS) is 14.0. The standard InChI is InChI=1S/C24H26ClN3O3/c1-3-21(30-18-13-12-16-8-4-5-9-17(16)14-18)24(29)28(2)15-22-26-23(27-31-22)19-10-6-7-11-20(19)25/h6-7,10-14,21H,3-5,8-9,15H2,1-2H3/t21-/m0/s1. The van der Waals surface area contributed by atoms with Crippen LogP contribution in [-0.4, -0.2) is 34.1 Å². The molecule has 0 bridgehead atoms. The van der Waals surface area contributed by atoms with E-state index in [0.29, 0.717) is 28.7 Å². The second kappa shape index (κ2) is 9.52. The van der Waals surface area contributed by atoms with Gasteiger partial charge in [-0.15, -0.1) is 0 Å². The highest BCUT2D eigenvalue weighted by molar-refractivity contribution is 6.33. The van der Waals surface area contributed by atoms with Crippen LogP contribution in [0.4, 0.5) is 0 Å². The highest BCUT2D eigenvalue weighted by Gasteiger charge is 2.24. The number of fused-ring (bicyclic) bond motifs is 1. The summed E-state index contributed by atoms with van der Waals surface area (Å²) in [4.78, 5) is 18.9. The van der Waals surface area contributed by atoms with E-state index in [9.17, 15) is 4.79 Å². The Bertz CT molecular complexity index is 1070. The molecule has 0 N–H and O–H groups in total. The minimum Gasteiger partial charge on any atom is -0.481 e. The van der Waals surface area contributed by atoms with E-state index < -0.39 is 6.10 Å². The number of benzene rings is 2. The Morgan fingerprint density at radius 2 is 1.97 bits per heavy atom. The molecule has 7 heteroatoms. The van der Waals surface area contributed by atoms with Crippen molar-refractivity contribution < 1.29 is 14.1 Å². The zero-order valence-electron chi connectivity index (χ0n) is 17.8. The first-order valence-corrected chi connectivity index (χ1v) is 11.0. The number of hydrogen-bond acceptors (Lipinski definition) is 5. The van der Waals surface area contributed by atoms with Gasteiger partial charge in [0.15, 0.2) is 6.10 Å². The maximum absolute atomic E-state index is 13.0. The molecule has 0 saturated carbocycles. The zero-order chi connectivity index (χ0) is 21.8. The van der Waals surface area contributed by atoms with Crippen LogP contribution in [0.1, 0.15) is 43.2 Å². The SMILES string of the molecule is CC[C@H](Oc1ccc2c(c1)CCCC2)C(=O)N(C)Cc1nc(-c2ccccc2Cl)no1. The number of aromatic nitrogens is 2. The third kappa shape index (κ3) is 4.90. The molecule has 1 aromatic heterocycles. The molecule has 0 aliphatic heterocycles. The van der Waals surface area contributed by atoms with Gasteiger partial charge in [0.2, 0.25) is 11.7 Å². The summed E-state index contributed by atoms with van der Waals surface area (Å²) in [5.74, 6) is 1.36. The summed E-state index contributed by atoms with van der Waals surface area (Å²) in [7, 11) is 1.71. The maximum Gasteiger partial charge on any atom is 0.263 e.